The topological polar surface area (TPSA) is 72.8 Å². The van der Waals surface area contributed by atoms with Crippen LogP contribution in [0, 0.1) is 0 Å². The third kappa shape index (κ3) is 5.22. The summed E-state index contributed by atoms with van der Waals surface area (Å²) in [4.78, 5) is 28.7. The van der Waals surface area contributed by atoms with Crippen molar-refractivity contribution in [3.05, 3.63) is 106 Å². The molecule has 190 valence electrons. The summed E-state index contributed by atoms with van der Waals surface area (Å²) in [5.41, 5.74) is 3.08. The minimum Gasteiger partial charge on any atom is -0.496 e. The first-order chi connectivity index (χ1) is 18.1. The van der Waals surface area contributed by atoms with Crippen LogP contribution in [0.3, 0.4) is 0 Å². The van der Waals surface area contributed by atoms with Gasteiger partial charge in [0.1, 0.15) is 17.1 Å². The summed E-state index contributed by atoms with van der Waals surface area (Å²) in [6.45, 7) is 3.04. The van der Waals surface area contributed by atoms with E-state index in [9.17, 15) is 9.59 Å². The molecule has 4 aromatic rings. The van der Waals surface area contributed by atoms with Gasteiger partial charge in [-0.2, -0.15) is 0 Å². The van der Waals surface area contributed by atoms with E-state index in [2.05, 4.69) is 46.6 Å². The minimum absolute atomic E-state index is 0.152. The lowest BCUT2D eigenvalue weighted by Gasteiger charge is -2.19. The number of benzene rings is 3. The fraction of sp³-hybridized carbons (Fsp3) is 0.267. The van der Waals surface area contributed by atoms with Crippen molar-refractivity contribution >= 4 is 16.7 Å². The summed E-state index contributed by atoms with van der Waals surface area (Å²) in [6.07, 6.45) is 0.567. The molecule has 1 aliphatic rings. The Morgan fingerprint density at radius 2 is 1.62 bits per heavy atom. The maximum absolute atomic E-state index is 13.4. The number of nitrogens with zero attached hydrogens (tertiary/aromatic N) is 2. The van der Waals surface area contributed by atoms with E-state index in [-0.39, 0.29) is 11.5 Å². The van der Waals surface area contributed by atoms with Crippen LogP contribution in [0.25, 0.3) is 10.8 Å². The molecule has 7 nitrogen and oxygen atoms in total. The Morgan fingerprint density at radius 3 is 2.43 bits per heavy atom. The molecule has 0 radical (unpaired) electrons. The van der Waals surface area contributed by atoms with E-state index < -0.39 is 0 Å². The predicted octanol–water partition coefficient (Wildman–Crippen LogP) is 4.01. The molecule has 7 heteroatoms. The highest BCUT2D eigenvalue weighted by Gasteiger charge is 2.25. The predicted molar refractivity (Wildman–Crippen MR) is 144 cm³/mol. The van der Waals surface area contributed by atoms with E-state index in [1.807, 2.05) is 30.3 Å². The van der Waals surface area contributed by atoms with Gasteiger partial charge in [-0.3, -0.25) is 14.5 Å². The van der Waals surface area contributed by atoms with E-state index in [1.165, 1.54) is 29.5 Å². The number of nitrogens with one attached hydrogen (secondary N) is 1. The largest absolute Gasteiger partial charge is 0.496 e. The normalized spacial score (nSPS) is 13.6. The third-order valence-electron chi connectivity index (χ3n) is 6.99. The monoisotopic (exact) mass is 497 g/mol. The van der Waals surface area contributed by atoms with E-state index in [4.69, 9.17) is 9.47 Å². The number of amides is 1. The van der Waals surface area contributed by atoms with E-state index >= 15 is 0 Å². The molecule has 0 unspecified atom stereocenters. The average Bonchev–Trinajstić information content (AvgIpc) is 3.14. The van der Waals surface area contributed by atoms with Gasteiger partial charge >= 0.3 is 0 Å². The van der Waals surface area contributed by atoms with Crippen LogP contribution in [0.15, 0.2) is 77.6 Å². The Hall–Kier alpha value is -4.10. The number of hydrogen-bond donors (Lipinski definition) is 1. The molecule has 3 aromatic carbocycles. The number of ether oxygens (including phenoxy) is 2. The summed E-state index contributed by atoms with van der Waals surface area (Å²) in [6, 6.07) is 23.9. The molecule has 0 saturated carbocycles. The quantitative estimate of drug-likeness (QED) is 0.418. The first-order valence-corrected chi connectivity index (χ1v) is 12.5. The highest BCUT2D eigenvalue weighted by atomic mass is 16.5. The van der Waals surface area contributed by atoms with Gasteiger partial charge in [0.2, 0.25) is 0 Å². The number of aromatic nitrogens is 1. The Labute approximate surface area is 216 Å². The fourth-order valence-corrected chi connectivity index (χ4v) is 5.07. The van der Waals surface area contributed by atoms with Gasteiger partial charge in [-0.25, -0.2) is 0 Å². The zero-order valence-electron chi connectivity index (χ0n) is 21.2. The smallest absolute Gasteiger partial charge is 0.257 e. The first-order valence-electron chi connectivity index (χ1n) is 12.5. The van der Waals surface area contributed by atoms with Crippen molar-refractivity contribution in [1.82, 2.24) is 14.8 Å². The summed E-state index contributed by atoms with van der Waals surface area (Å²) in [5.74, 6) is 0.744. The minimum atomic E-state index is -0.269. The lowest BCUT2D eigenvalue weighted by atomic mass is 10.1. The van der Waals surface area contributed by atoms with Gasteiger partial charge < -0.3 is 19.4 Å². The van der Waals surface area contributed by atoms with Crippen molar-refractivity contribution in [3.8, 4) is 11.5 Å². The summed E-state index contributed by atoms with van der Waals surface area (Å²) >= 11 is 0. The Kier molecular flexibility index (Phi) is 7.23. The van der Waals surface area contributed by atoms with Gasteiger partial charge in [0.05, 0.1) is 14.2 Å². The number of hydrogen-bond acceptors (Lipinski definition) is 5. The summed E-state index contributed by atoms with van der Waals surface area (Å²) < 4.78 is 12.6. The highest BCUT2D eigenvalue weighted by Crippen LogP contribution is 2.25. The van der Waals surface area contributed by atoms with Crippen LogP contribution in [0.2, 0.25) is 0 Å². The molecule has 0 saturated heterocycles. The second-order valence-corrected chi connectivity index (χ2v) is 9.23. The Balaban J connectivity index is 1.37. The zero-order valence-corrected chi connectivity index (χ0v) is 21.2. The maximum Gasteiger partial charge on any atom is 0.257 e. The van der Waals surface area contributed by atoms with Crippen LogP contribution in [-0.2, 0) is 26.1 Å². The second-order valence-electron chi connectivity index (χ2n) is 9.23. The van der Waals surface area contributed by atoms with Gasteiger partial charge in [0.15, 0.2) is 0 Å². The Bertz CT molecular complexity index is 1490. The molecule has 0 fully saturated rings. The first kappa shape index (κ1) is 24.6. The van der Waals surface area contributed by atoms with Crippen LogP contribution in [0.4, 0.5) is 0 Å². The number of para-hydroxylation sites is 1. The summed E-state index contributed by atoms with van der Waals surface area (Å²) in [7, 11) is 3.10. The van der Waals surface area contributed by atoms with Crippen LogP contribution in [0.1, 0.15) is 27.2 Å². The van der Waals surface area contributed by atoms with Crippen LogP contribution >= 0.6 is 0 Å². The van der Waals surface area contributed by atoms with Crippen molar-refractivity contribution in [3.63, 3.8) is 0 Å². The number of fused-ring (bicyclic) bond motifs is 2. The standard InChI is InChI=1S/C30H31N3O4/c1-36-26-10-6-5-9-24(26)19-31-30(35)29-25-13-14-32(15-16-33(25)28(34)18-27(29)37-2)20-21-11-12-22-7-3-4-8-23(22)17-21/h3-12,17-18H,13-16,19-20H2,1-2H3,(H,31,35). The van der Waals surface area contributed by atoms with Gasteiger partial charge in [0, 0.05) is 56.5 Å². The molecule has 1 N–H and O–H groups in total. The van der Waals surface area contributed by atoms with Gasteiger partial charge in [-0.1, -0.05) is 54.6 Å². The highest BCUT2D eigenvalue weighted by molar-refractivity contribution is 5.98. The number of pyridine rings is 1. The van der Waals surface area contributed by atoms with Crippen molar-refractivity contribution in [2.24, 2.45) is 0 Å². The van der Waals surface area contributed by atoms with Gasteiger partial charge in [-0.15, -0.1) is 0 Å². The fourth-order valence-electron chi connectivity index (χ4n) is 5.07. The van der Waals surface area contributed by atoms with Gasteiger partial charge in [0.25, 0.3) is 11.5 Å². The van der Waals surface area contributed by atoms with Crippen molar-refractivity contribution in [2.75, 3.05) is 27.3 Å². The van der Waals surface area contributed by atoms with E-state index in [1.54, 1.807) is 11.7 Å². The molecule has 0 spiro atoms. The zero-order chi connectivity index (χ0) is 25.8. The molecule has 0 aliphatic carbocycles. The molecular weight excluding hydrogens is 466 g/mol. The van der Waals surface area contributed by atoms with Crippen LogP contribution in [-0.4, -0.2) is 42.7 Å². The average molecular weight is 498 g/mol. The van der Waals surface area contributed by atoms with E-state index in [0.29, 0.717) is 48.8 Å². The molecular formula is C30H31N3O4. The molecule has 5 rings (SSSR count). The molecule has 0 atom stereocenters. The lowest BCUT2D eigenvalue weighted by molar-refractivity contribution is 0.0945. The second kappa shape index (κ2) is 10.9. The van der Waals surface area contributed by atoms with Crippen LogP contribution in [0.5, 0.6) is 11.5 Å². The molecule has 1 aromatic heterocycles. The maximum atomic E-state index is 13.4. The number of carbonyl (C=O) groups is 1. The Morgan fingerprint density at radius 1 is 0.865 bits per heavy atom. The van der Waals surface area contributed by atoms with Crippen molar-refractivity contribution < 1.29 is 14.3 Å². The van der Waals surface area contributed by atoms with Crippen molar-refractivity contribution in [1.29, 1.82) is 0 Å². The van der Waals surface area contributed by atoms with Gasteiger partial charge in [-0.05, 0) is 28.5 Å². The molecule has 1 amide bonds. The summed E-state index contributed by atoms with van der Waals surface area (Å²) in [5, 5.41) is 5.43. The van der Waals surface area contributed by atoms with E-state index in [0.717, 1.165) is 18.7 Å². The number of rotatable bonds is 7. The molecule has 0 bridgehead atoms. The molecule has 1 aliphatic heterocycles. The third-order valence-corrected chi connectivity index (χ3v) is 6.99. The molecule has 37 heavy (non-hydrogen) atoms. The molecule has 2 heterocycles. The number of carbonyl (C=O) groups excluding carboxylic acids is 1. The van der Waals surface area contributed by atoms with Crippen LogP contribution < -0.4 is 20.3 Å². The van der Waals surface area contributed by atoms with Crippen molar-refractivity contribution in [2.45, 2.75) is 26.1 Å². The lowest BCUT2D eigenvalue weighted by Crippen LogP contribution is -2.31. The SMILES string of the molecule is COc1ccccc1CNC(=O)c1c(OC)cc(=O)n2c1CCN(Cc1ccc3ccccc3c1)CC2. The number of methoxy groups -OCH3 is 2.